The third-order valence-corrected chi connectivity index (χ3v) is 9.87. The second kappa shape index (κ2) is 12.8. The first-order chi connectivity index (χ1) is 23.9. The molecule has 0 aromatic heterocycles. The lowest BCUT2D eigenvalue weighted by Crippen LogP contribution is -2.53. The van der Waals surface area contributed by atoms with Crippen LogP contribution in [0.4, 0.5) is 22.7 Å². The van der Waals surface area contributed by atoms with E-state index in [0.29, 0.717) is 22.7 Å². The topological polar surface area (TPSA) is 90.5 Å². The lowest BCUT2D eigenvalue weighted by Gasteiger charge is -2.39. The molecule has 2 aliphatic rings. The van der Waals surface area contributed by atoms with Crippen LogP contribution in [0.15, 0.2) is 48.5 Å². The second-order valence-corrected chi connectivity index (χ2v) is 14.5. The summed E-state index contributed by atoms with van der Waals surface area (Å²) in [6.07, 6.45) is -2.73. The van der Waals surface area contributed by atoms with Gasteiger partial charge in [-0.15, -0.1) is 0 Å². The number of amides is 4. The highest BCUT2D eigenvalue weighted by atomic mass is 16.6. The molecule has 4 aromatic carbocycles. The van der Waals surface area contributed by atoms with E-state index in [-0.39, 0.29) is 0 Å². The van der Waals surface area contributed by atoms with Crippen LogP contribution in [0.1, 0.15) is 66.8 Å². The number of anilines is 4. The highest BCUT2D eigenvalue weighted by Crippen LogP contribution is 2.43. The number of hydrogen-bond donors (Lipinski definition) is 0. The average Bonchev–Trinajstić information content (AvgIpc) is 3.36. The molecule has 0 aliphatic carbocycles. The fraction of sp³-hybridized carbons (Fsp3) is 0.333. The maximum Gasteiger partial charge on any atom is 0.320 e. The van der Waals surface area contributed by atoms with Crippen LogP contribution in [-0.4, -0.2) is 36.3 Å². The summed E-state index contributed by atoms with van der Waals surface area (Å²) in [6.45, 7) is 23.1. The molecular weight excluding hydrogens is 640 g/mol. The third kappa shape index (κ3) is 5.79. The monoisotopic (exact) mass is 686 g/mol. The van der Waals surface area contributed by atoms with Crippen molar-refractivity contribution in [3.05, 3.63) is 115 Å². The molecule has 51 heavy (non-hydrogen) atoms. The predicted molar refractivity (Wildman–Crippen MR) is 201 cm³/mol. The Morgan fingerprint density at radius 2 is 0.490 bits per heavy atom. The van der Waals surface area contributed by atoms with Gasteiger partial charge in [0.15, 0.2) is 0 Å². The molecule has 4 amide bonds. The summed E-state index contributed by atoms with van der Waals surface area (Å²) in [6, 6.07) is 15.7. The SMILES string of the molecule is Cc1cc(C)c(N2C(=O)C(=O)N(c3c(C)cc(C)cc3C)C2OC2N(c3c(C)cc(C)cc3C)C(=O)C(=O)N2c2c(C)cc(C)cc2C)c(C)c1. The van der Waals surface area contributed by atoms with Crippen molar-refractivity contribution < 1.29 is 23.9 Å². The van der Waals surface area contributed by atoms with E-state index in [4.69, 9.17) is 4.74 Å². The lowest BCUT2D eigenvalue weighted by atomic mass is 10.0. The van der Waals surface area contributed by atoms with E-state index < -0.39 is 36.3 Å². The second-order valence-electron chi connectivity index (χ2n) is 14.5. The molecule has 0 N–H and O–H groups in total. The fourth-order valence-corrected chi connectivity index (χ4v) is 8.45. The third-order valence-electron chi connectivity index (χ3n) is 9.87. The highest BCUT2D eigenvalue weighted by molar-refractivity contribution is 6.49. The summed E-state index contributed by atoms with van der Waals surface area (Å²) in [7, 11) is 0. The number of benzene rings is 4. The van der Waals surface area contributed by atoms with Crippen molar-refractivity contribution in [2.75, 3.05) is 19.6 Å². The van der Waals surface area contributed by atoms with Crippen molar-refractivity contribution in [3.8, 4) is 0 Å². The number of hydrogen-bond acceptors (Lipinski definition) is 5. The van der Waals surface area contributed by atoms with Gasteiger partial charge in [0.2, 0.25) is 12.7 Å². The molecule has 0 saturated carbocycles. The van der Waals surface area contributed by atoms with E-state index in [1.807, 2.05) is 132 Å². The van der Waals surface area contributed by atoms with Crippen molar-refractivity contribution in [1.29, 1.82) is 0 Å². The number of ether oxygens (including phenoxy) is 1. The standard InChI is InChI=1S/C42H46N4O5/c1-21-13-25(5)33(26(6)14-21)43-37(47)38(48)44(34-27(7)15-22(2)16-28(34)8)41(43)51-42-45(35-29(9)17-23(3)18-30(35)10)39(49)40(50)46(42)36-31(11)19-24(4)20-32(36)12/h13-20,41-42H,1-12H3. The Morgan fingerprint density at radius 3 is 0.647 bits per heavy atom. The summed E-state index contributed by atoms with van der Waals surface area (Å²) in [5.74, 6) is -3.08. The minimum atomic E-state index is -1.36. The molecule has 2 saturated heterocycles. The molecule has 2 heterocycles. The van der Waals surface area contributed by atoms with Crippen LogP contribution in [0.5, 0.6) is 0 Å². The molecule has 4 aromatic rings. The first kappa shape index (κ1) is 35.5. The first-order valence-electron chi connectivity index (χ1n) is 17.2. The van der Waals surface area contributed by atoms with E-state index in [9.17, 15) is 19.2 Å². The Kier molecular flexibility index (Phi) is 8.92. The van der Waals surface area contributed by atoms with Crippen LogP contribution in [0.25, 0.3) is 0 Å². The van der Waals surface area contributed by atoms with Gasteiger partial charge < -0.3 is 0 Å². The van der Waals surface area contributed by atoms with Crippen LogP contribution < -0.4 is 19.6 Å². The molecule has 0 bridgehead atoms. The van der Waals surface area contributed by atoms with Crippen LogP contribution in [-0.2, 0) is 23.9 Å². The van der Waals surface area contributed by atoms with Crippen molar-refractivity contribution in [2.24, 2.45) is 0 Å². The van der Waals surface area contributed by atoms with E-state index in [1.54, 1.807) is 0 Å². The van der Waals surface area contributed by atoms with Crippen molar-refractivity contribution in [1.82, 2.24) is 0 Å². The summed E-state index contributed by atoms with van der Waals surface area (Å²) in [5.41, 5.74) is 12.4. The normalized spacial score (nSPS) is 15.8. The van der Waals surface area contributed by atoms with Gasteiger partial charge >= 0.3 is 23.6 Å². The summed E-state index contributed by atoms with van der Waals surface area (Å²) >= 11 is 0. The minimum absolute atomic E-state index is 0.535. The largest absolute Gasteiger partial charge is 0.320 e. The van der Waals surface area contributed by atoms with E-state index in [1.165, 1.54) is 19.6 Å². The first-order valence-corrected chi connectivity index (χ1v) is 17.2. The van der Waals surface area contributed by atoms with Gasteiger partial charge in [-0.05, 0) is 128 Å². The zero-order chi connectivity index (χ0) is 37.4. The van der Waals surface area contributed by atoms with Gasteiger partial charge in [0.1, 0.15) is 0 Å². The van der Waals surface area contributed by atoms with Gasteiger partial charge in [-0.1, -0.05) is 70.8 Å². The molecule has 9 heteroatoms. The van der Waals surface area contributed by atoms with Crippen molar-refractivity contribution in [2.45, 2.75) is 95.8 Å². The number of carbonyl (C=O) groups is 4. The summed E-state index contributed by atoms with van der Waals surface area (Å²) in [4.78, 5) is 63.0. The van der Waals surface area contributed by atoms with Gasteiger partial charge in [0.05, 0.1) is 22.7 Å². The van der Waals surface area contributed by atoms with Crippen molar-refractivity contribution >= 4 is 46.4 Å². The van der Waals surface area contributed by atoms with Crippen LogP contribution in [0.2, 0.25) is 0 Å². The average molecular weight is 687 g/mol. The van der Waals surface area contributed by atoms with Crippen LogP contribution in [0.3, 0.4) is 0 Å². The van der Waals surface area contributed by atoms with E-state index >= 15 is 0 Å². The Morgan fingerprint density at radius 1 is 0.333 bits per heavy atom. The molecule has 0 radical (unpaired) electrons. The van der Waals surface area contributed by atoms with Crippen LogP contribution >= 0.6 is 0 Å². The number of rotatable bonds is 6. The lowest BCUT2D eigenvalue weighted by molar-refractivity contribution is -0.133. The maximum absolute atomic E-state index is 14.4. The number of nitrogens with zero attached hydrogens (tertiary/aromatic N) is 4. The van der Waals surface area contributed by atoms with Gasteiger partial charge in [-0.2, -0.15) is 0 Å². The zero-order valence-corrected chi connectivity index (χ0v) is 31.6. The van der Waals surface area contributed by atoms with Gasteiger partial charge in [-0.25, -0.2) is 0 Å². The summed E-state index contributed by atoms with van der Waals surface area (Å²) < 4.78 is 7.10. The Balaban J connectivity index is 1.65. The predicted octanol–water partition coefficient (Wildman–Crippen LogP) is 7.43. The van der Waals surface area contributed by atoms with Crippen molar-refractivity contribution in [3.63, 3.8) is 0 Å². The number of aryl methyl sites for hydroxylation is 12. The molecule has 0 atom stereocenters. The minimum Gasteiger partial charge on any atom is -0.296 e. The molecule has 9 nitrogen and oxygen atoms in total. The Hall–Kier alpha value is -5.28. The van der Waals surface area contributed by atoms with Gasteiger partial charge in [0, 0.05) is 0 Å². The number of carbonyl (C=O) groups excluding carboxylic acids is 4. The molecule has 0 unspecified atom stereocenters. The Labute approximate surface area is 300 Å². The van der Waals surface area contributed by atoms with E-state index in [0.717, 1.165) is 66.8 Å². The molecule has 0 spiro atoms. The van der Waals surface area contributed by atoms with E-state index in [2.05, 4.69) is 0 Å². The van der Waals surface area contributed by atoms with Crippen LogP contribution in [0, 0.1) is 83.1 Å². The molecule has 2 fully saturated rings. The fourth-order valence-electron chi connectivity index (χ4n) is 8.45. The zero-order valence-electron chi connectivity index (χ0n) is 31.6. The maximum atomic E-state index is 14.4. The molecule has 2 aliphatic heterocycles. The smallest absolute Gasteiger partial charge is 0.296 e. The molecular formula is C42H46N4O5. The Bertz CT molecular complexity index is 1790. The summed E-state index contributed by atoms with van der Waals surface area (Å²) in [5, 5.41) is 0. The quantitative estimate of drug-likeness (QED) is 0.197. The van der Waals surface area contributed by atoms with Gasteiger partial charge in [0.25, 0.3) is 0 Å². The highest BCUT2D eigenvalue weighted by Gasteiger charge is 2.55. The van der Waals surface area contributed by atoms with Gasteiger partial charge in [-0.3, -0.25) is 43.5 Å². The molecule has 264 valence electrons. The molecule has 6 rings (SSSR count).